The Balaban J connectivity index is 2.19. The van der Waals surface area contributed by atoms with Crippen LogP contribution in [0.25, 0.3) is 0 Å². The first-order valence-electron chi connectivity index (χ1n) is 9.86. The first-order chi connectivity index (χ1) is 14.3. The van der Waals surface area contributed by atoms with E-state index in [9.17, 15) is 13.2 Å². The minimum atomic E-state index is -3.74. The number of benzene rings is 1. The zero-order chi connectivity index (χ0) is 22.3. The fraction of sp³-hybridized carbons (Fsp3) is 0.526. The molecule has 0 unspecified atom stereocenters. The van der Waals surface area contributed by atoms with E-state index in [1.54, 1.807) is 32.9 Å². The number of nitrogens with one attached hydrogen (secondary N) is 1. The molecule has 0 bridgehead atoms. The molecule has 0 aliphatic carbocycles. The summed E-state index contributed by atoms with van der Waals surface area (Å²) in [6.45, 7) is 8.35. The fourth-order valence-electron chi connectivity index (χ4n) is 2.87. The van der Waals surface area contributed by atoms with Gasteiger partial charge in [0.25, 0.3) is 0 Å². The van der Waals surface area contributed by atoms with Gasteiger partial charge in [-0.25, -0.2) is 8.42 Å². The molecule has 2 aromatic rings. The highest BCUT2D eigenvalue weighted by Crippen LogP contribution is 2.30. The van der Waals surface area contributed by atoms with Crippen LogP contribution in [0, 0.1) is 0 Å². The molecular formula is C19H29N5O4S2. The van der Waals surface area contributed by atoms with E-state index in [2.05, 4.69) is 15.5 Å². The van der Waals surface area contributed by atoms with Crippen LogP contribution in [0.1, 0.15) is 33.5 Å². The second kappa shape index (κ2) is 10.8. The van der Waals surface area contributed by atoms with E-state index < -0.39 is 10.0 Å². The van der Waals surface area contributed by atoms with E-state index in [-0.39, 0.29) is 22.3 Å². The zero-order valence-electron chi connectivity index (χ0n) is 18.0. The molecule has 9 nitrogen and oxygen atoms in total. The summed E-state index contributed by atoms with van der Waals surface area (Å²) < 4.78 is 34.8. The van der Waals surface area contributed by atoms with E-state index >= 15 is 0 Å². The van der Waals surface area contributed by atoms with Gasteiger partial charge in [-0.2, -0.15) is 4.31 Å². The lowest BCUT2D eigenvalue weighted by Gasteiger charge is -2.21. The third-order valence-corrected chi connectivity index (χ3v) is 7.52. The van der Waals surface area contributed by atoms with Gasteiger partial charge >= 0.3 is 0 Å². The Labute approximate surface area is 182 Å². The van der Waals surface area contributed by atoms with Crippen molar-refractivity contribution in [3.8, 4) is 5.75 Å². The van der Waals surface area contributed by atoms with Gasteiger partial charge < -0.3 is 14.6 Å². The van der Waals surface area contributed by atoms with Crippen LogP contribution in [-0.4, -0.2) is 58.8 Å². The maximum absolute atomic E-state index is 13.0. The molecule has 11 heteroatoms. The van der Waals surface area contributed by atoms with Crippen LogP contribution in [0.5, 0.6) is 5.75 Å². The highest BCUT2D eigenvalue weighted by Gasteiger charge is 2.26. The number of hydrogen-bond acceptors (Lipinski definition) is 7. The van der Waals surface area contributed by atoms with Crippen LogP contribution in [0.3, 0.4) is 0 Å². The molecule has 0 radical (unpaired) electrons. The van der Waals surface area contributed by atoms with Crippen LogP contribution in [-0.2, 0) is 28.3 Å². The van der Waals surface area contributed by atoms with Gasteiger partial charge in [-0.1, -0.05) is 32.5 Å². The van der Waals surface area contributed by atoms with Crippen LogP contribution in [0.15, 0.2) is 28.3 Å². The molecule has 0 saturated carbocycles. The van der Waals surface area contributed by atoms with Crippen molar-refractivity contribution in [1.82, 2.24) is 19.1 Å². The number of anilines is 1. The molecule has 1 heterocycles. The van der Waals surface area contributed by atoms with Crippen molar-refractivity contribution in [2.45, 2.75) is 44.2 Å². The lowest BCUT2D eigenvalue weighted by atomic mass is 10.3. The number of aromatic nitrogens is 3. The molecule has 1 N–H and O–H groups in total. The first kappa shape index (κ1) is 24.2. The Morgan fingerprint density at radius 2 is 1.90 bits per heavy atom. The second-order valence-electron chi connectivity index (χ2n) is 6.33. The summed E-state index contributed by atoms with van der Waals surface area (Å²) in [6.07, 6.45) is 0.756. The predicted octanol–water partition coefficient (Wildman–Crippen LogP) is 2.54. The number of amides is 1. The van der Waals surface area contributed by atoms with Crippen molar-refractivity contribution in [3.05, 3.63) is 24.0 Å². The molecule has 1 amide bonds. The Morgan fingerprint density at radius 1 is 1.20 bits per heavy atom. The standard InChI is InChI=1S/C19H29N5O4S2/c1-6-17-21-22-19(23(17)5)29-13-18(25)20-14-10-11-15(28-9-4)16(12-14)30(26,27)24(7-2)8-3/h10-12H,6-9,13H2,1-5H3,(H,20,25). The number of carbonyl (C=O) groups is 1. The molecule has 0 fully saturated rings. The number of nitrogens with zero attached hydrogens (tertiary/aromatic N) is 4. The number of sulfonamides is 1. The number of thioether (sulfide) groups is 1. The number of carbonyl (C=O) groups excluding carboxylic acids is 1. The maximum Gasteiger partial charge on any atom is 0.246 e. The van der Waals surface area contributed by atoms with Gasteiger partial charge in [-0.05, 0) is 25.1 Å². The third-order valence-electron chi connectivity index (χ3n) is 4.42. The van der Waals surface area contributed by atoms with Crippen molar-refractivity contribution in [2.24, 2.45) is 7.05 Å². The lowest BCUT2D eigenvalue weighted by molar-refractivity contribution is -0.113. The smallest absolute Gasteiger partial charge is 0.246 e. The van der Waals surface area contributed by atoms with Crippen LogP contribution in [0.2, 0.25) is 0 Å². The quantitative estimate of drug-likeness (QED) is 0.519. The molecule has 0 saturated heterocycles. The van der Waals surface area contributed by atoms with E-state index in [0.29, 0.717) is 30.5 Å². The van der Waals surface area contributed by atoms with Gasteiger partial charge in [0.2, 0.25) is 15.9 Å². The molecule has 1 aromatic heterocycles. The number of ether oxygens (including phenoxy) is 1. The van der Waals surface area contributed by atoms with Crippen molar-refractivity contribution >= 4 is 33.4 Å². The summed E-state index contributed by atoms with van der Waals surface area (Å²) in [5.74, 6) is 0.969. The first-order valence-corrected chi connectivity index (χ1v) is 12.3. The molecule has 0 aliphatic rings. The van der Waals surface area contributed by atoms with Gasteiger partial charge in [0.1, 0.15) is 16.5 Å². The molecule has 166 valence electrons. The number of rotatable bonds is 11. The highest BCUT2D eigenvalue weighted by atomic mass is 32.2. The average Bonchev–Trinajstić information content (AvgIpc) is 3.08. The van der Waals surface area contributed by atoms with Gasteiger partial charge in [0.05, 0.1) is 12.4 Å². The second-order valence-corrected chi connectivity index (χ2v) is 9.18. The van der Waals surface area contributed by atoms with Crippen LogP contribution in [0.4, 0.5) is 5.69 Å². The van der Waals surface area contributed by atoms with Crippen molar-refractivity contribution in [2.75, 3.05) is 30.8 Å². The zero-order valence-corrected chi connectivity index (χ0v) is 19.6. The van der Waals surface area contributed by atoms with Crippen LogP contribution >= 0.6 is 11.8 Å². The van der Waals surface area contributed by atoms with E-state index in [4.69, 9.17) is 4.74 Å². The van der Waals surface area contributed by atoms with Gasteiger partial charge in [0, 0.05) is 32.2 Å². The summed E-state index contributed by atoms with van der Waals surface area (Å²) in [5.41, 5.74) is 0.391. The maximum atomic E-state index is 13.0. The van der Waals surface area contributed by atoms with E-state index in [1.165, 1.54) is 22.1 Å². The average molecular weight is 456 g/mol. The molecule has 0 atom stereocenters. The normalized spacial score (nSPS) is 11.7. The Kier molecular flexibility index (Phi) is 8.68. The van der Waals surface area contributed by atoms with Crippen molar-refractivity contribution in [1.29, 1.82) is 0 Å². The summed E-state index contributed by atoms with van der Waals surface area (Å²) in [7, 11) is -1.89. The summed E-state index contributed by atoms with van der Waals surface area (Å²) in [6, 6.07) is 4.64. The van der Waals surface area contributed by atoms with E-state index in [0.717, 1.165) is 12.2 Å². The minimum absolute atomic E-state index is 0.0411. The van der Waals surface area contributed by atoms with Gasteiger partial charge in [-0.3, -0.25) is 4.79 Å². The molecule has 0 aliphatic heterocycles. The SMILES string of the molecule is CCOc1ccc(NC(=O)CSc2nnc(CC)n2C)cc1S(=O)(=O)N(CC)CC. The van der Waals surface area contributed by atoms with Crippen LogP contribution < -0.4 is 10.1 Å². The fourth-order valence-corrected chi connectivity index (χ4v) is 5.22. The summed E-state index contributed by atoms with van der Waals surface area (Å²) >= 11 is 1.27. The summed E-state index contributed by atoms with van der Waals surface area (Å²) in [4.78, 5) is 12.5. The minimum Gasteiger partial charge on any atom is -0.492 e. The topological polar surface area (TPSA) is 106 Å². The molecule has 30 heavy (non-hydrogen) atoms. The Morgan fingerprint density at radius 3 is 2.47 bits per heavy atom. The molecule has 2 rings (SSSR count). The van der Waals surface area contributed by atoms with E-state index in [1.807, 2.05) is 18.5 Å². The monoisotopic (exact) mass is 455 g/mol. The molecule has 1 aromatic carbocycles. The van der Waals surface area contributed by atoms with Crippen molar-refractivity contribution in [3.63, 3.8) is 0 Å². The Bertz CT molecular complexity index is 971. The number of aryl methyl sites for hydroxylation is 1. The third kappa shape index (κ3) is 5.52. The van der Waals surface area contributed by atoms with Gasteiger partial charge in [-0.15, -0.1) is 10.2 Å². The van der Waals surface area contributed by atoms with Crippen molar-refractivity contribution < 1.29 is 17.9 Å². The number of hydrogen-bond donors (Lipinski definition) is 1. The van der Waals surface area contributed by atoms with Gasteiger partial charge in [0.15, 0.2) is 5.16 Å². The molecular weight excluding hydrogens is 426 g/mol. The predicted molar refractivity (Wildman–Crippen MR) is 117 cm³/mol. The highest BCUT2D eigenvalue weighted by molar-refractivity contribution is 7.99. The largest absolute Gasteiger partial charge is 0.492 e. The lowest BCUT2D eigenvalue weighted by Crippen LogP contribution is -2.31. The Hall–Kier alpha value is -2.11. The molecule has 0 spiro atoms. The summed E-state index contributed by atoms with van der Waals surface area (Å²) in [5, 5.41) is 11.6.